The van der Waals surface area contributed by atoms with E-state index in [-0.39, 0.29) is 5.37 Å². The summed E-state index contributed by atoms with van der Waals surface area (Å²) in [4.78, 5) is 13.9. The van der Waals surface area contributed by atoms with Gasteiger partial charge in [0.2, 0.25) is 0 Å². The molecule has 1 heterocycles. The van der Waals surface area contributed by atoms with Crippen LogP contribution in [0.5, 0.6) is 0 Å². The van der Waals surface area contributed by atoms with Crippen molar-refractivity contribution in [3.63, 3.8) is 0 Å². The minimum absolute atomic E-state index is 0.163. The lowest BCUT2D eigenvalue weighted by Crippen LogP contribution is -2.30. The van der Waals surface area contributed by atoms with E-state index >= 15 is 0 Å². The Hall–Kier alpha value is -1.40. The molecule has 1 aliphatic heterocycles. The van der Waals surface area contributed by atoms with Crippen molar-refractivity contribution in [3.05, 3.63) is 24.3 Å². The predicted molar refractivity (Wildman–Crippen MR) is 58.3 cm³/mol. The van der Waals surface area contributed by atoms with E-state index in [0.29, 0.717) is 6.54 Å². The summed E-state index contributed by atoms with van der Waals surface area (Å²) in [7, 11) is 0. The average Bonchev–Trinajstić information content (AvgIpc) is 2.58. The monoisotopic (exact) mass is 203 g/mol. The van der Waals surface area contributed by atoms with E-state index in [2.05, 4.69) is 5.92 Å². The van der Waals surface area contributed by atoms with Crippen LogP contribution in [0, 0.1) is 12.3 Å². The molecule has 70 valence electrons. The molecular weight excluding hydrogens is 194 g/mol. The third-order valence-electron chi connectivity index (χ3n) is 2.11. The van der Waals surface area contributed by atoms with Gasteiger partial charge in [-0.3, -0.25) is 0 Å². The Bertz CT molecular complexity index is 397. The van der Waals surface area contributed by atoms with Crippen LogP contribution in [0.3, 0.4) is 0 Å². The van der Waals surface area contributed by atoms with Crippen LogP contribution in [0.15, 0.2) is 29.2 Å². The molecule has 2 rings (SSSR count). The smallest absolute Gasteiger partial charge is 0.153 e. The first-order valence-corrected chi connectivity index (χ1v) is 5.16. The topological polar surface area (TPSA) is 20.3 Å². The van der Waals surface area contributed by atoms with Crippen molar-refractivity contribution >= 4 is 23.7 Å². The third-order valence-corrected chi connectivity index (χ3v) is 3.31. The number of anilines is 1. The molecule has 0 spiro atoms. The molecular formula is C11H9NOS. The zero-order valence-electron chi connectivity index (χ0n) is 7.51. The number of nitrogens with zero attached hydrogens (tertiary/aromatic N) is 1. The van der Waals surface area contributed by atoms with Gasteiger partial charge in [0.15, 0.2) is 6.29 Å². The summed E-state index contributed by atoms with van der Waals surface area (Å²) >= 11 is 1.55. The second-order valence-corrected chi connectivity index (χ2v) is 4.10. The highest BCUT2D eigenvalue weighted by molar-refractivity contribution is 8.01. The summed E-state index contributed by atoms with van der Waals surface area (Å²) in [5.74, 6) is 2.57. The van der Waals surface area contributed by atoms with Gasteiger partial charge in [-0.2, -0.15) is 0 Å². The Labute approximate surface area is 87.3 Å². The van der Waals surface area contributed by atoms with Crippen molar-refractivity contribution in [1.29, 1.82) is 0 Å². The molecule has 1 aromatic carbocycles. The number of aldehydes is 1. The SMILES string of the molecule is C#CCN1c2ccccc2SC1C=O. The molecule has 3 heteroatoms. The highest BCUT2D eigenvalue weighted by Gasteiger charge is 2.28. The number of hydrogen-bond acceptors (Lipinski definition) is 3. The molecule has 1 atom stereocenters. The van der Waals surface area contributed by atoms with Crippen LogP contribution in [-0.2, 0) is 4.79 Å². The van der Waals surface area contributed by atoms with Crippen molar-refractivity contribution in [2.45, 2.75) is 10.3 Å². The maximum Gasteiger partial charge on any atom is 0.153 e. The number of thioether (sulfide) groups is 1. The van der Waals surface area contributed by atoms with E-state index < -0.39 is 0 Å². The molecule has 0 saturated heterocycles. The van der Waals surface area contributed by atoms with Gasteiger partial charge in [0.05, 0.1) is 12.2 Å². The maximum atomic E-state index is 10.8. The van der Waals surface area contributed by atoms with Crippen LogP contribution in [0.4, 0.5) is 5.69 Å². The summed E-state index contributed by atoms with van der Waals surface area (Å²) in [5, 5.41) is -0.163. The number of fused-ring (bicyclic) bond motifs is 1. The number of para-hydroxylation sites is 1. The number of rotatable bonds is 2. The van der Waals surface area contributed by atoms with Crippen LogP contribution >= 0.6 is 11.8 Å². The minimum Gasteiger partial charge on any atom is -0.341 e. The van der Waals surface area contributed by atoms with Gasteiger partial charge in [0, 0.05) is 4.90 Å². The molecule has 0 radical (unpaired) electrons. The zero-order valence-corrected chi connectivity index (χ0v) is 8.33. The molecule has 0 fully saturated rings. The highest BCUT2D eigenvalue weighted by atomic mass is 32.2. The number of carbonyl (C=O) groups is 1. The van der Waals surface area contributed by atoms with Crippen LogP contribution in [0.2, 0.25) is 0 Å². The van der Waals surface area contributed by atoms with E-state index in [0.717, 1.165) is 16.9 Å². The summed E-state index contributed by atoms with van der Waals surface area (Å²) < 4.78 is 0. The fraction of sp³-hybridized carbons (Fsp3) is 0.182. The van der Waals surface area contributed by atoms with Crippen LogP contribution < -0.4 is 4.90 Å². The number of terminal acetylenes is 1. The Morgan fingerprint density at radius 1 is 1.57 bits per heavy atom. The molecule has 1 aromatic rings. The lowest BCUT2D eigenvalue weighted by molar-refractivity contribution is -0.107. The molecule has 0 bridgehead atoms. The van der Waals surface area contributed by atoms with Crippen molar-refractivity contribution in [3.8, 4) is 12.3 Å². The van der Waals surface area contributed by atoms with Gasteiger partial charge in [0.1, 0.15) is 5.37 Å². The summed E-state index contributed by atoms with van der Waals surface area (Å²) in [6, 6.07) is 7.92. The maximum absolute atomic E-state index is 10.8. The van der Waals surface area contributed by atoms with Crippen molar-refractivity contribution in [1.82, 2.24) is 0 Å². The molecule has 1 aliphatic rings. The van der Waals surface area contributed by atoms with Gasteiger partial charge in [0.25, 0.3) is 0 Å². The second kappa shape index (κ2) is 3.77. The summed E-state index contributed by atoms with van der Waals surface area (Å²) in [6.45, 7) is 0.480. The van der Waals surface area contributed by atoms with E-state index in [1.54, 1.807) is 11.8 Å². The Kier molecular flexibility index (Phi) is 2.47. The van der Waals surface area contributed by atoms with Crippen molar-refractivity contribution in [2.24, 2.45) is 0 Å². The molecule has 14 heavy (non-hydrogen) atoms. The summed E-state index contributed by atoms with van der Waals surface area (Å²) in [6.07, 6.45) is 6.20. The van der Waals surface area contributed by atoms with Crippen molar-refractivity contribution in [2.75, 3.05) is 11.4 Å². The number of hydrogen-bond donors (Lipinski definition) is 0. The zero-order chi connectivity index (χ0) is 9.97. The summed E-state index contributed by atoms with van der Waals surface area (Å²) in [5.41, 5.74) is 1.06. The van der Waals surface area contributed by atoms with Crippen LogP contribution in [0.25, 0.3) is 0 Å². The van der Waals surface area contributed by atoms with E-state index in [4.69, 9.17) is 6.42 Å². The molecule has 0 aliphatic carbocycles. The quantitative estimate of drug-likeness (QED) is 0.539. The van der Waals surface area contributed by atoms with Gasteiger partial charge < -0.3 is 9.69 Å². The van der Waals surface area contributed by atoms with E-state index in [9.17, 15) is 4.79 Å². The Morgan fingerprint density at radius 2 is 2.36 bits per heavy atom. The Balaban J connectivity index is 2.37. The molecule has 1 unspecified atom stereocenters. The first-order valence-electron chi connectivity index (χ1n) is 4.28. The largest absolute Gasteiger partial charge is 0.341 e. The van der Waals surface area contributed by atoms with Crippen LogP contribution in [-0.4, -0.2) is 18.2 Å². The van der Waals surface area contributed by atoms with Gasteiger partial charge >= 0.3 is 0 Å². The molecule has 0 amide bonds. The predicted octanol–water partition coefficient (Wildman–Crippen LogP) is 1.76. The van der Waals surface area contributed by atoms with Gasteiger partial charge in [-0.1, -0.05) is 29.8 Å². The molecule has 2 nitrogen and oxygen atoms in total. The second-order valence-electron chi connectivity index (χ2n) is 2.94. The Morgan fingerprint density at radius 3 is 3.07 bits per heavy atom. The highest BCUT2D eigenvalue weighted by Crippen LogP contribution is 2.41. The van der Waals surface area contributed by atoms with Crippen molar-refractivity contribution < 1.29 is 4.79 Å². The standard InChI is InChI=1S/C11H9NOS/c1-2-7-12-9-5-3-4-6-10(9)14-11(12)8-13/h1,3-6,8,11H,7H2. The van der Waals surface area contributed by atoms with E-state index in [1.807, 2.05) is 29.2 Å². The van der Waals surface area contributed by atoms with Crippen LogP contribution in [0.1, 0.15) is 0 Å². The minimum atomic E-state index is -0.163. The molecule has 0 aromatic heterocycles. The normalized spacial score (nSPS) is 18.8. The number of benzene rings is 1. The average molecular weight is 203 g/mol. The van der Waals surface area contributed by atoms with Gasteiger partial charge in [-0.15, -0.1) is 6.42 Å². The fourth-order valence-corrected chi connectivity index (χ4v) is 2.59. The lowest BCUT2D eigenvalue weighted by Gasteiger charge is -2.19. The fourth-order valence-electron chi connectivity index (χ4n) is 1.50. The van der Waals surface area contributed by atoms with E-state index in [1.165, 1.54) is 0 Å². The first kappa shape index (κ1) is 9.17. The number of carbonyl (C=O) groups excluding carboxylic acids is 1. The van der Waals surface area contributed by atoms with Gasteiger partial charge in [-0.05, 0) is 12.1 Å². The first-order chi connectivity index (χ1) is 6.86. The molecule has 0 saturated carbocycles. The van der Waals surface area contributed by atoms with Gasteiger partial charge in [-0.25, -0.2) is 0 Å². The molecule has 0 N–H and O–H groups in total. The third kappa shape index (κ3) is 1.38. The lowest BCUT2D eigenvalue weighted by atomic mass is 10.3.